The summed E-state index contributed by atoms with van der Waals surface area (Å²) in [6.45, 7) is 3.22. The van der Waals surface area contributed by atoms with Crippen molar-refractivity contribution in [3.8, 4) is 5.75 Å². The van der Waals surface area contributed by atoms with Crippen molar-refractivity contribution in [2.24, 2.45) is 0 Å². The van der Waals surface area contributed by atoms with E-state index in [1.54, 1.807) is 32.0 Å². The highest BCUT2D eigenvalue weighted by atomic mass is 35.5. The number of carbonyl (C=O) groups excluding carboxylic acids is 1. The van der Waals surface area contributed by atoms with Gasteiger partial charge in [0.1, 0.15) is 12.0 Å². The lowest BCUT2D eigenvalue weighted by Crippen LogP contribution is -2.42. The number of rotatable bonds is 4. The molecular formula is C13H12Cl2N2O3. The number of aromatic nitrogens is 1. The van der Waals surface area contributed by atoms with E-state index >= 15 is 0 Å². The second kappa shape index (κ2) is 5.73. The van der Waals surface area contributed by atoms with E-state index in [1.165, 1.54) is 12.3 Å². The van der Waals surface area contributed by atoms with Crippen LogP contribution < -0.4 is 10.1 Å². The fourth-order valence-electron chi connectivity index (χ4n) is 1.42. The Morgan fingerprint density at radius 2 is 2.10 bits per heavy atom. The van der Waals surface area contributed by atoms with Crippen molar-refractivity contribution in [1.82, 2.24) is 5.16 Å². The highest BCUT2D eigenvalue weighted by molar-refractivity contribution is 6.34. The molecule has 0 aliphatic rings. The Balaban J connectivity index is 2.13. The minimum absolute atomic E-state index is 0.309. The van der Waals surface area contributed by atoms with Gasteiger partial charge in [-0.15, -0.1) is 0 Å². The number of carbonyl (C=O) groups is 1. The molecule has 1 aromatic carbocycles. The van der Waals surface area contributed by atoms with E-state index in [0.717, 1.165) is 0 Å². The van der Waals surface area contributed by atoms with Gasteiger partial charge < -0.3 is 14.6 Å². The van der Waals surface area contributed by atoms with Crippen LogP contribution in [0.1, 0.15) is 13.8 Å². The molecule has 1 N–H and O–H groups in total. The number of nitrogens with one attached hydrogen (secondary N) is 1. The summed E-state index contributed by atoms with van der Waals surface area (Å²) in [4.78, 5) is 12.1. The summed E-state index contributed by atoms with van der Waals surface area (Å²) in [6, 6.07) is 6.32. The fraction of sp³-hybridized carbons (Fsp3) is 0.231. The summed E-state index contributed by atoms with van der Waals surface area (Å²) in [5.74, 6) is 0.255. The Labute approximate surface area is 125 Å². The van der Waals surface area contributed by atoms with E-state index in [-0.39, 0.29) is 5.91 Å². The van der Waals surface area contributed by atoms with Crippen molar-refractivity contribution < 1.29 is 14.1 Å². The SMILES string of the molecule is CC(C)(Oc1cc(Cl)ccc1Cl)C(=O)Nc1ccon1. The third-order valence-corrected chi connectivity index (χ3v) is 3.03. The summed E-state index contributed by atoms with van der Waals surface area (Å²) in [5, 5.41) is 7.01. The van der Waals surface area contributed by atoms with E-state index in [9.17, 15) is 4.79 Å². The molecule has 0 bridgehead atoms. The molecule has 0 radical (unpaired) electrons. The van der Waals surface area contributed by atoms with Gasteiger partial charge in [0.25, 0.3) is 5.91 Å². The molecule has 0 unspecified atom stereocenters. The van der Waals surface area contributed by atoms with Gasteiger partial charge in [-0.1, -0.05) is 28.4 Å². The number of hydrogen-bond donors (Lipinski definition) is 1. The van der Waals surface area contributed by atoms with Crippen LogP contribution in [0, 0.1) is 0 Å². The van der Waals surface area contributed by atoms with Crippen LogP contribution in [0.15, 0.2) is 35.1 Å². The van der Waals surface area contributed by atoms with Gasteiger partial charge in [-0.05, 0) is 26.0 Å². The molecule has 0 saturated heterocycles. The molecule has 106 valence electrons. The van der Waals surface area contributed by atoms with E-state index < -0.39 is 5.60 Å². The van der Waals surface area contributed by atoms with Crippen LogP contribution >= 0.6 is 23.2 Å². The van der Waals surface area contributed by atoms with Gasteiger partial charge in [0, 0.05) is 17.2 Å². The van der Waals surface area contributed by atoms with Crippen LogP contribution in [0.25, 0.3) is 0 Å². The third-order valence-electron chi connectivity index (χ3n) is 2.48. The normalized spacial score (nSPS) is 11.2. The summed E-state index contributed by atoms with van der Waals surface area (Å²) >= 11 is 11.9. The van der Waals surface area contributed by atoms with Gasteiger partial charge in [-0.3, -0.25) is 4.79 Å². The predicted octanol–water partition coefficient (Wildman–Crippen LogP) is 3.78. The minimum Gasteiger partial charge on any atom is -0.476 e. The summed E-state index contributed by atoms with van der Waals surface area (Å²) < 4.78 is 10.3. The smallest absolute Gasteiger partial charge is 0.269 e. The maximum absolute atomic E-state index is 12.1. The Morgan fingerprint density at radius 1 is 1.35 bits per heavy atom. The maximum Gasteiger partial charge on any atom is 0.269 e. The van der Waals surface area contributed by atoms with Gasteiger partial charge in [0.2, 0.25) is 0 Å². The third kappa shape index (κ3) is 3.43. The zero-order valence-corrected chi connectivity index (χ0v) is 12.3. The first kappa shape index (κ1) is 14.7. The molecule has 0 fully saturated rings. The molecule has 20 heavy (non-hydrogen) atoms. The molecule has 7 heteroatoms. The van der Waals surface area contributed by atoms with Crippen LogP contribution in [-0.4, -0.2) is 16.7 Å². The first-order valence-corrected chi connectivity index (χ1v) is 6.50. The minimum atomic E-state index is -1.16. The van der Waals surface area contributed by atoms with Crippen molar-refractivity contribution in [3.05, 3.63) is 40.6 Å². The number of amides is 1. The number of hydrogen-bond acceptors (Lipinski definition) is 4. The molecule has 0 aliphatic heterocycles. The standard InChI is InChI=1S/C13H12Cl2N2O3/c1-13(2,12(18)16-11-5-6-19-17-11)20-10-7-8(14)3-4-9(10)15/h3-7H,1-2H3,(H,16,17,18). The van der Waals surface area contributed by atoms with Crippen molar-refractivity contribution in [3.63, 3.8) is 0 Å². The van der Waals surface area contributed by atoms with Gasteiger partial charge in [-0.25, -0.2) is 0 Å². The number of benzene rings is 1. The van der Waals surface area contributed by atoms with Crippen LogP contribution in [0.2, 0.25) is 10.0 Å². The van der Waals surface area contributed by atoms with Gasteiger partial charge in [-0.2, -0.15) is 0 Å². The molecule has 1 aromatic heterocycles. The topological polar surface area (TPSA) is 64.4 Å². The Kier molecular flexibility index (Phi) is 4.20. The maximum atomic E-state index is 12.1. The highest BCUT2D eigenvalue weighted by Gasteiger charge is 2.31. The first-order chi connectivity index (χ1) is 9.38. The molecular weight excluding hydrogens is 303 g/mol. The van der Waals surface area contributed by atoms with Gasteiger partial charge in [0.15, 0.2) is 11.4 Å². The summed E-state index contributed by atoms with van der Waals surface area (Å²) in [6.07, 6.45) is 1.36. The highest BCUT2D eigenvalue weighted by Crippen LogP contribution is 2.31. The zero-order chi connectivity index (χ0) is 14.8. The number of halogens is 2. The second-order valence-electron chi connectivity index (χ2n) is 4.53. The van der Waals surface area contributed by atoms with Crippen molar-refractivity contribution >= 4 is 34.9 Å². The second-order valence-corrected chi connectivity index (χ2v) is 5.37. The largest absolute Gasteiger partial charge is 0.476 e. The molecule has 0 saturated carbocycles. The molecule has 0 aliphatic carbocycles. The van der Waals surface area contributed by atoms with Crippen LogP contribution in [-0.2, 0) is 4.79 Å². The van der Waals surface area contributed by atoms with Crippen LogP contribution in [0.4, 0.5) is 5.82 Å². The molecule has 0 spiro atoms. The average molecular weight is 315 g/mol. The zero-order valence-electron chi connectivity index (χ0n) is 10.8. The quantitative estimate of drug-likeness (QED) is 0.932. The van der Waals surface area contributed by atoms with Crippen LogP contribution in [0.5, 0.6) is 5.75 Å². The Morgan fingerprint density at radius 3 is 2.75 bits per heavy atom. The molecule has 2 aromatic rings. The summed E-state index contributed by atoms with van der Waals surface area (Å²) in [7, 11) is 0. The van der Waals surface area contributed by atoms with E-state index in [1.807, 2.05) is 0 Å². The van der Waals surface area contributed by atoms with Crippen molar-refractivity contribution in [2.45, 2.75) is 19.4 Å². The predicted molar refractivity (Wildman–Crippen MR) is 76.3 cm³/mol. The van der Waals surface area contributed by atoms with Crippen LogP contribution in [0.3, 0.4) is 0 Å². The lowest BCUT2D eigenvalue weighted by atomic mass is 10.1. The monoisotopic (exact) mass is 314 g/mol. The fourth-order valence-corrected chi connectivity index (χ4v) is 1.74. The van der Waals surface area contributed by atoms with Gasteiger partial charge >= 0.3 is 0 Å². The molecule has 1 amide bonds. The van der Waals surface area contributed by atoms with Gasteiger partial charge in [0.05, 0.1) is 5.02 Å². The molecule has 1 heterocycles. The lowest BCUT2D eigenvalue weighted by molar-refractivity contribution is -0.128. The molecule has 5 nitrogen and oxygen atoms in total. The average Bonchev–Trinajstić information content (AvgIpc) is 2.86. The number of nitrogens with zero attached hydrogens (tertiary/aromatic N) is 1. The van der Waals surface area contributed by atoms with Crippen molar-refractivity contribution in [1.29, 1.82) is 0 Å². The number of anilines is 1. The first-order valence-electron chi connectivity index (χ1n) is 5.74. The molecule has 2 rings (SSSR count). The van der Waals surface area contributed by atoms with E-state index in [0.29, 0.717) is 21.6 Å². The number of ether oxygens (including phenoxy) is 1. The van der Waals surface area contributed by atoms with E-state index in [2.05, 4.69) is 15.0 Å². The lowest BCUT2D eigenvalue weighted by Gasteiger charge is -2.25. The summed E-state index contributed by atoms with van der Waals surface area (Å²) in [5.41, 5.74) is -1.16. The Hall–Kier alpha value is -1.72. The van der Waals surface area contributed by atoms with Crippen molar-refractivity contribution in [2.75, 3.05) is 5.32 Å². The molecule has 0 atom stereocenters. The Bertz CT molecular complexity index is 612. The van der Waals surface area contributed by atoms with E-state index in [4.69, 9.17) is 27.9 Å².